The summed E-state index contributed by atoms with van der Waals surface area (Å²) >= 11 is 0. The lowest BCUT2D eigenvalue weighted by Gasteiger charge is -2.14. The second kappa shape index (κ2) is 7.10. The summed E-state index contributed by atoms with van der Waals surface area (Å²) < 4.78 is 2.22. The maximum atomic E-state index is 4.41. The monoisotopic (exact) mass is 257 g/mol. The van der Waals surface area contributed by atoms with Crippen LogP contribution in [-0.4, -0.2) is 15.6 Å². The maximum Gasteiger partial charge on any atom is 0.122 e. The Morgan fingerprint density at radius 3 is 2.79 bits per heavy atom. The van der Waals surface area contributed by atoms with Crippen LogP contribution in [-0.2, 0) is 19.5 Å². The quantitative estimate of drug-likeness (QED) is 0.826. The molecule has 0 saturated carbocycles. The average Bonchev–Trinajstić information content (AvgIpc) is 2.85. The van der Waals surface area contributed by atoms with Gasteiger partial charge in [0.05, 0.1) is 6.54 Å². The first-order chi connectivity index (χ1) is 9.29. The van der Waals surface area contributed by atoms with Crippen LogP contribution < -0.4 is 5.32 Å². The zero-order valence-corrected chi connectivity index (χ0v) is 11.8. The fraction of sp³-hybridized carbons (Fsp3) is 0.438. The van der Waals surface area contributed by atoms with Gasteiger partial charge in [0.25, 0.3) is 0 Å². The Hall–Kier alpha value is -1.61. The van der Waals surface area contributed by atoms with Gasteiger partial charge in [0, 0.05) is 25.0 Å². The molecule has 1 aromatic heterocycles. The van der Waals surface area contributed by atoms with Crippen LogP contribution in [0.15, 0.2) is 42.7 Å². The van der Waals surface area contributed by atoms with E-state index < -0.39 is 0 Å². The molecule has 2 aromatic rings. The number of hydrogen-bond acceptors (Lipinski definition) is 2. The van der Waals surface area contributed by atoms with Crippen molar-refractivity contribution in [1.29, 1.82) is 0 Å². The maximum absolute atomic E-state index is 4.41. The molecule has 2 rings (SSSR count). The smallest absolute Gasteiger partial charge is 0.122 e. The standard InChI is InChI=1S/C16H23N3/c1-3-10-19-11-9-17-16(19)13-18-14(2)12-15-7-5-4-6-8-15/h4-9,11,14,18H,3,10,12-13H2,1-2H3. The van der Waals surface area contributed by atoms with Crippen LogP contribution in [0.1, 0.15) is 31.7 Å². The molecule has 1 unspecified atom stereocenters. The predicted octanol–water partition coefficient (Wildman–Crippen LogP) is 3.01. The summed E-state index contributed by atoms with van der Waals surface area (Å²) in [5.74, 6) is 1.13. The first kappa shape index (κ1) is 13.8. The molecule has 1 heterocycles. The summed E-state index contributed by atoms with van der Waals surface area (Å²) in [5, 5.41) is 3.55. The van der Waals surface area contributed by atoms with Gasteiger partial charge in [-0.2, -0.15) is 0 Å². The zero-order valence-electron chi connectivity index (χ0n) is 11.8. The number of nitrogens with zero attached hydrogens (tertiary/aromatic N) is 2. The Kier molecular flexibility index (Phi) is 5.16. The Labute approximate surface area is 115 Å². The minimum Gasteiger partial charge on any atom is -0.334 e. The molecule has 0 aliphatic heterocycles. The molecule has 0 amide bonds. The minimum atomic E-state index is 0.453. The molecule has 1 aromatic carbocycles. The third-order valence-corrected chi connectivity index (χ3v) is 3.26. The van der Waals surface area contributed by atoms with Crippen molar-refractivity contribution in [2.75, 3.05) is 0 Å². The van der Waals surface area contributed by atoms with Gasteiger partial charge < -0.3 is 9.88 Å². The summed E-state index contributed by atoms with van der Waals surface area (Å²) in [6, 6.07) is 11.1. The van der Waals surface area contributed by atoms with Gasteiger partial charge in [-0.1, -0.05) is 37.3 Å². The molecule has 0 bridgehead atoms. The molecule has 1 N–H and O–H groups in total. The highest BCUT2D eigenvalue weighted by atomic mass is 15.1. The molecule has 3 nitrogen and oxygen atoms in total. The molecule has 0 aliphatic carbocycles. The summed E-state index contributed by atoms with van der Waals surface area (Å²) in [7, 11) is 0. The van der Waals surface area contributed by atoms with Crippen molar-refractivity contribution in [3.8, 4) is 0 Å². The lowest BCUT2D eigenvalue weighted by atomic mass is 10.1. The van der Waals surface area contributed by atoms with Crippen molar-refractivity contribution in [2.24, 2.45) is 0 Å². The van der Waals surface area contributed by atoms with E-state index >= 15 is 0 Å². The van der Waals surface area contributed by atoms with E-state index in [0.29, 0.717) is 6.04 Å². The van der Waals surface area contributed by atoms with Gasteiger partial charge >= 0.3 is 0 Å². The fourth-order valence-corrected chi connectivity index (χ4v) is 2.26. The second-order valence-electron chi connectivity index (χ2n) is 5.01. The van der Waals surface area contributed by atoms with Crippen LogP contribution >= 0.6 is 0 Å². The highest BCUT2D eigenvalue weighted by Crippen LogP contribution is 2.04. The van der Waals surface area contributed by atoms with Gasteiger partial charge in [-0.15, -0.1) is 0 Å². The van der Waals surface area contributed by atoms with Crippen LogP contribution in [0, 0.1) is 0 Å². The summed E-state index contributed by atoms with van der Waals surface area (Å²) in [6.45, 7) is 6.29. The Balaban J connectivity index is 1.83. The van der Waals surface area contributed by atoms with Crippen LogP contribution in [0.4, 0.5) is 0 Å². The first-order valence-electron chi connectivity index (χ1n) is 7.07. The van der Waals surface area contributed by atoms with E-state index in [0.717, 1.165) is 31.8 Å². The van der Waals surface area contributed by atoms with Crippen molar-refractivity contribution in [1.82, 2.24) is 14.9 Å². The lowest BCUT2D eigenvalue weighted by molar-refractivity contribution is 0.513. The number of nitrogens with one attached hydrogen (secondary N) is 1. The number of imidazole rings is 1. The topological polar surface area (TPSA) is 29.9 Å². The summed E-state index contributed by atoms with van der Waals surface area (Å²) in [4.78, 5) is 4.41. The molecule has 0 spiro atoms. The van der Waals surface area contributed by atoms with E-state index in [1.54, 1.807) is 0 Å². The van der Waals surface area contributed by atoms with Crippen molar-refractivity contribution >= 4 is 0 Å². The zero-order chi connectivity index (χ0) is 13.5. The van der Waals surface area contributed by atoms with Crippen molar-refractivity contribution in [2.45, 2.75) is 45.8 Å². The van der Waals surface area contributed by atoms with Crippen LogP contribution in [0.3, 0.4) is 0 Å². The van der Waals surface area contributed by atoms with Gasteiger partial charge in [-0.05, 0) is 25.3 Å². The van der Waals surface area contributed by atoms with Crippen molar-refractivity contribution in [3.05, 3.63) is 54.1 Å². The minimum absolute atomic E-state index is 0.453. The van der Waals surface area contributed by atoms with Crippen LogP contribution in [0.5, 0.6) is 0 Å². The summed E-state index contributed by atoms with van der Waals surface area (Å²) in [6.07, 6.45) is 6.13. The Bertz CT molecular complexity index is 476. The van der Waals surface area contributed by atoms with E-state index in [9.17, 15) is 0 Å². The largest absolute Gasteiger partial charge is 0.334 e. The Morgan fingerprint density at radius 2 is 2.05 bits per heavy atom. The highest BCUT2D eigenvalue weighted by molar-refractivity contribution is 5.15. The van der Waals surface area contributed by atoms with Gasteiger partial charge in [0.1, 0.15) is 5.82 Å². The van der Waals surface area contributed by atoms with Gasteiger partial charge in [-0.25, -0.2) is 4.98 Å². The van der Waals surface area contributed by atoms with Crippen LogP contribution in [0.2, 0.25) is 0 Å². The molecular weight excluding hydrogens is 234 g/mol. The number of hydrogen-bond donors (Lipinski definition) is 1. The molecule has 19 heavy (non-hydrogen) atoms. The van der Waals surface area contributed by atoms with Gasteiger partial charge in [0.15, 0.2) is 0 Å². The Morgan fingerprint density at radius 1 is 1.26 bits per heavy atom. The van der Waals surface area contributed by atoms with E-state index in [1.165, 1.54) is 5.56 Å². The number of benzene rings is 1. The molecule has 0 radical (unpaired) electrons. The number of aromatic nitrogens is 2. The fourth-order valence-electron chi connectivity index (χ4n) is 2.26. The third-order valence-electron chi connectivity index (χ3n) is 3.26. The third kappa shape index (κ3) is 4.21. The van der Waals surface area contributed by atoms with Gasteiger partial charge in [-0.3, -0.25) is 0 Å². The molecule has 1 atom stereocenters. The lowest BCUT2D eigenvalue weighted by Crippen LogP contribution is -2.28. The normalized spacial score (nSPS) is 12.5. The molecule has 3 heteroatoms. The van der Waals surface area contributed by atoms with Crippen LogP contribution in [0.25, 0.3) is 0 Å². The van der Waals surface area contributed by atoms with E-state index in [1.807, 2.05) is 6.20 Å². The average molecular weight is 257 g/mol. The number of aryl methyl sites for hydroxylation is 1. The molecule has 0 saturated heterocycles. The van der Waals surface area contributed by atoms with Crippen molar-refractivity contribution < 1.29 is 0 Å². The molecule has 0 fully saturated rings. The molecule has 0 aliphatic rings. The summed E-state index contributed by atoms with van der Waals surface area (Å²) in [5.41, 5.74) is 1.37. The van der Waals surface area contributed by atoms with E-state index in [-0.39, 0.29) is 0 Å². The predicted molar refractivity (Wildman–Crippen MR) is 79.0 cm³/mol. The molecule has 102 valence electrons. The molecular formula is C16H23N3. The second-order valence-corrected chi connectivity index (χ2v) is 5.01. The van der Waals surface area contributed by atoms with Crippen molar-refractivity contribution in [3.63, 3.8) is 0 Å². The van der Waals surface area contributed by atoms with Gasteiger partial charge in [0.2, 0.25) is 0 Å². The number of rotatable bonds is 7. The highest BCUT2D eigenvalue weighted by Gasteiger charge is 2.06. The SMILES string of the molecule is CCCn1ccnc1CNC(C)Cc1ccccc1. The van der Waals surface area contributed by atoms with E-state index in [4.69, 9.17) is 0 Å². The first-order valence-corrected chi connectivity index (χ1v) is 7.07. The van der Waals surface area contributed by atoms with E-state index in [2.05, 4.69) is 65.2 Å².